The van der Waals surface area contributed by atoms with Crippen LogP contribution in [0.4, 0.5) is 0 Å². The highest BCUT2D eigenvalue weighted by Crippen LogP contribution is 2.37. The van der Waals surface area contributed by atoms with Gasteiger partial charge in [0.15, 0.2) is 0 Å². The average Bonchev–Trinajstić information content (AvgIpc) is 2.15. The van der Waals surface area contributed by atoms with Gasteiger partial charge in [0.2, 0.25) is 0 Å². The normalized spacial score (nSPS) is 12.8. The predicted octanol–water partition coefficient (Wildman–Crippen LogP) is 2.33. The number of phenols is 1. The van der Waals surface area contributed by atoms with E-state index in [2.05, 4.69) is 0 Å². The van der Waals surface area contributed by atoms with E-state index in [-0.39, 0.29) is 16.2 Å². The highest BCUT2D eigenvalue weighted by molar-refractivity contribution is 7.85. The molecule has 0 aliphatic heterocycles. The number of benzene rings is 1. The molecule has 90 valence electrons. The zero-order chi connectivity index (χ0) is 12.6. The molecule has 1 aromatic carbocycles. The van der Waals surface area contributed by atoms with Gasteiger partial charge in [-0.1, -0.05) is 26.8 Å². The Morgan fingerprint density at radius 3 is 2.31 bits per heavy atom. The van der Waals surface area contributed by atoms with Gasteiger partial charge in [-0.2, -0.15) is 8.42 Å². The van der Waals surface area contributed by atoms with Gasteiger partial charge in [0.25, 0.3) is 10.1 Å². The van der Waals surface area contributed by atoms with Crippen LogP contribution in [-0.2, 0) is 15.5 Å². The largest absolute Gasteiger partial charge is 0.508 e. The van der Waals surface area contributed by atoms with E-state index in [0.29, 0.717) is 6.42 Å². The highest BCUT2D eigenvalue weighted by Gasteiger charge is 2.29. The van der Waals surface area contributed by atoms with Crippen molar-refractivity contribution in [3.05, 3.63) is 23.8 Å². The van der Waals surface area contributed by atoms with Crippen LogP contribution < -0.4 is 0 Å². The molecule has 0 aliphatic carbocycles. The molecular weight excluding hydrogens is 228 g/mol. The van der Waals surface area contributed by atoms with Gasteiger partial charge in [-0.15, -0.1) is 0 Å². The van der Waals surface area contributed by atoms with Gasteiger partial charge in [-0.05, 0) is 24.0 Å². The van der Waals surface area contributed by atoms with Gasteiger partial charge in [0, 0.05) is 5.56 Å². The Morgan fingerprint density at radius 2 is 1.88 bits per heavy atom. The summed E-state index contributed by atoms with van der Waals surface area (Å²) in [4.78, 5) is -0.223. The number of phenolic OH excluding ortho intramolecular Hbond substituents is 1. The summed E-state index contributed by atoms with van der Waals surface area (Å²) in [7, 11) is -4.31. The fraction of sp³-hybridized carbons (Fsp3) is 0.455. The zero-order valence-corrected chi connectivity index (χ0v) is 10.4. The molecule has 1 rings (SSSR count). The van der Waals surface area contributed by atoms with Gasteiger partial charge >= 0.3 is 0 Å². The Bertz CT molecular complexity index is 489. The summed E-state index contributed by atoms with van der Waals surface area (Å²) in [5, 5.41) is 9.75. The molecule has 0 radical (unpaired) electrons. The quantitative estimate of drug-likeness (QED) is 0.800. The molecule has 1 aromatic rings. The van der Waals surface area contributed by atoms with Crippen LogP contribution in [0.25, 0.3) is 0 Å². The van der Waals surface area contributed by atoms with Crippen molar-refractivity contribution in [2.45, 2.75) is 37.5 Å². The van der Waals surface area contributed by atoms with E-state index in [9.17, 15) is 13.5 Å². The standard InChI is InChI=1S/C11H16O4S/c1-4-11(2,3)10-8(12)6-5-7-9(10)16(13,14)15/h5-7,12H,4H2,1-3H3,(H,13,14,15). The molecule has 0 unspecified atom stereocenters. The summed E-state index contributed by atoms with van der Waals surface area (Å²) in [6, 6.07) is 4.11. The van der Waals surface area contributed by atoms with E-state index in [1.165, 1.54) is 18.2 Å². The second-order valence-corrected chi connectivity index (χ2v) is 5.75. The Hall–Kier alpha value is -1.07. The van der Waals surface area contributed by atoms with E-state index in [4.69, 9.17) is 4.55 Å². The van der Waals surface area contributed by atoms with E-state index < -0.39 is 15.5 Å². The summed E-state index contributed by atoms with van der Waals surface area (Å²) >= 11 is 0. The number of rotatable bonds is 3. The minimum absolute atomic E-state index is 0.109. The predicted molar refractivity (Wildman–Crippen MR) is 61.2 cm³/mol. The van der Waals surface area contributed by atoms with Crippen LogP contribution in [0.5, 0.6) is 5.75 Å². The average molecular weight is 244 g/mol. The van der Waals surface area contributed by atoms with Gasteiger partial charge in [-0.3, -0.25) is 4.55 Å². The van der Waals surface area contributed by atoms with Crippen LogP contribution in [0.3, 0.4) is 0 Å². The van der Waals surface area contributed by atoms with Gasteiger partial charge in [0.05, 0.1) is 0 Å². The third kappa shape index (κ3) is 2.36. The molecule has 0 atom stereocenters. The Morgan fingerprint density at radius 1 is 1.31 bits per heavy atom. The van der Waals surface area contributed by atoms with Crippen molar-refractivity contribution in [2.24, 2.45) is 0 Å². The summed E-state index contributed by atoms with van der Waals surface area (Å²) in [6.07, 6.45) is 0.646. The first kappa shape index (κ1) is 13.0. The van der Waals surface area contributed by atoms with Gasteiger partial charge in [-0.25, -0.2) is 0 Å². The first-order valence-electron chi connectivity index (χ1n) is 5.00. The van der Waals surface area contributed by atoms with Crippen molar-refractivity contribution in [3.8, 4) is 5.75 Å². The summed E-state index contributed by atoms with van der Waals surface area (Å²) in [6.45, 7) is 5.52. The number of aromatic hydroxyl groups is 1. The van der Waals surface area contributed by atoms with Gasteiger partial charge < -0.3 is 5.11 Å². The summed E-state index contributed by atoms with van der Waals surface area (Å²) in [5.41, 5.74) is -0.253. The second kappa shape index (κ2) is 4.07. The van der Waals surface area contributed by atoms with Crippen molar-refractivity contribution in [3.63, 3.8) is 0 Å². The number of hydrogen-bond acceptors (Lipinski definition) is 3. The lowest BCUT2D eigenvalue weighted by atomic mass is 9.81. The maximum absolute atomic E-state index is 11.2. The van der Waals surface area contributed by atoms with E-state index in [0.717, 1.165) is 0 Å². The van der Waals surface area contributed by atoms with Crippen molar-refractivity contribution in [1.29, 1.82) is 0 Å². The minimum atomic E-state index is -4.31. The fourth-order valence-electron chi connectivity index (χ4n) is 1.59. The minimum Gasteiger partial charge on any atom is -0.508 e. The van der Waals surface area contributed by atoms with Crippen molar-refractivity contribution >= 4 is 10.1 Å². The maximum Gasteiger partial charge on any atom is 0.294 e. The Labute approximate surface area is 95.7 Å². The molecule has 0 aromatic heterocycles. The first-order valence-corrected chi connectivity index (χ1v) is 6.44. The molecule has 0 bridgehead atoms. The third-order valence-corrected chi connectivity index (χ3v) is 3.74. The van der Waals surface area contributed by atoms with E-state index in [1.54, 1.807) is 0 Å². The monoisotopic (exact) mass is 244 g/mol. The van der Waals surface area contributed by atoms with Crippen LogP contribution in [0.2, 0.25) is 0 Å². The van der Waals surface area contributed by atoms with Crippen molar-refractivity contribution in [1.82, 2.24) is 0 Å². The van der Waals surface area contributed by atoms with E-state index in [1.807, 2.05) is 20.8 Å². The highest BCUT2D eigenvalue weighted by atomic mass is 32.2. The first-order chi connectivity index (χ1) is 7.20. The summed E-state index contributed by atoms with van der Waals surface area (Å²) < 4.78 is 31.5. The van der Waals surface area contributed by atoms with E-state index >= 15 is 0 Å². The van der Waals surface area contributed by atoms with Crippen molar-refractivity contribution < 1.29 is 18.1 Å². The molecule has 0 fully saturated rings. The van der Waals surface area contributed by atoms with Crippen LogP contribution in [0, 0.1) is 0 Å². The smallest absolute Gasteiger partial charge is 0.294 e. The topological polar surface area (TPSA) is 74.6 Å². The lowest BCUT2D eigenvalue weighted by Crippen LogP contribution is -2.19. The molecule has 0 aliphatic rings. The van der Waals surface area contributed by atoms with Crippen molar-refractivity contribution in [2.75, 3.05) is 0 Å². The molecule has 5 heteroatoms. The lowest BCUT2D eigenvalue weighted by molar-refractivity contribution is 0.415. The molecule has 2 N–H and O–H groups in total. The molecule has 16 heavy (non-hydrogen) atoms. The molecule has 0 amide bonds. The third-order valence-electron chi connectivity index (χ3n) is 2.84. The second-order valence-electron chi connectivity index (χ2n) is 4.36. The van der Waals surface area contributed by atoms with Gasteiger partial charge in [0.1, 0.15) is 10.6 Å². The lowest BCUT2D eigenvalue weighted by Gasteiger charge is -2.26. The summed E-state index contributed by atoms with van der Waals surface area (Å²) in [5.74, 6) is -0.109. The maximum atomic E-state index is 11.2. The Balaban J connectivity index is 3.61. The van der Waals surface area contributed by atoms with Crippen LogP contribution in [-0.4, -0.2) is 18.1 Å². The molecule has 4 nitrogen and oxygen atoms in total. The SMILES string of the molecule is CCC(C)(C)c1c(O)cccc1S(=O)(=O)O. The molecule has 0 heterocycles. The fourth-order valence-corrected chi connectivity index (χ4v) is 2.48. The molecular formula is C11H16O4S. The Kier molecular flexibility index (Phi) is 3.30. The van der Waals surface area contributed by atoms with Crippen LogP contribution in [0.1, 0.15) is 32.8 Å². The molecule has 0 saturated heterocycles. The zero-order valence-electron chi connectivity index (χ0n) is 9.56. The molecule has 0 saturated carbocycles. The van der Waals surface area contributed by atoms with Crippen LogP contribution >= 0.6 is 0 Å². The van der Waals surface area contributed by atoms with Crippen LogP contribution in [0.15, 0.2) is 23.1 Å². The number of hydrogen-bond donors (Lipinski definition) is 2. The molecule has 0 spiro atoms.